The van der Waals surface area contributed by atoms with Crippen LogP contribution in [0.4, 0.5) is 0 Å². The molecule has 21 heavy (non-hydrogen) atoms. The highest BCUT2D eigenvalue weighted by Crippen LogP contribution is 2.28. The first kappa shape index (κ1) is 18.2. The van der Waals surface area contributed by atoms with Crippen molar-refractivity contribution in [2.75, 3.05) is 0 Å². The van der Waals surface area contributed by atoms with Crippen molar-refractivity contribution < 1.29 is 4.57 Å². The van der Waals surface area contributed by atoms with Crippen LogP contribution in [0, 0.1) is 11.8 Å². The van der Waals surface area contributed by atoms with E-state index in [2.05, 4.69) is 55.9 Å². The third kappa shape index (κ3) is 7.64. The fourth-order valence-electron chi connectivity index (χ4n) is 3.45. The van der Waals surface area contributed by atoms with E-state index in [1.165, 1.54) is 64.3 Å². The standard InChI is InChI=1S/C20H36N/c1-4-7-8-9-11-14-19(5-2)20(6-3)15-18-21-16-12-10-13-17-21/h10,12-13,16-17,19-20H,4-9,11,14-15,18H2,1-3H3/q+1. The fraction of sp³-hybridized carbons (Fsp3) is 0.750. The summed E-state index contributed by atoms with van der Waals surface area (Å²) in [7, 11) is 0. The molecule has 1 heteroatoms. The maximum absolute atomic E-state index is 2.38. The van der Waals surface area contributed by atoms with Gasteiger partial charge in [0.1, 0.15) is 6.54 Å². The van der Waals surface area contributed by atoms with Gasteiger partial charge in [0, 0.05) is 18.6 Å². The summed E-state index contributed by atoms with van der Waals surface area (Å²) in [4.78, 5) is 0. The molecule has 0 N–H and O–H groups in total. The number of hydrogen-bond donors (Lipinski definition) is 0. The Morgan fingerprint density at radius 2 is 1.33 bits per heavy atom. The molecule has 1 aromatic heterocycles. The van der Waals surface area contributed by atoms with Gasteiger partial charge in [-0.3, -0.25) is 0 Å². The molecule has 0 aliphatic heterocycles. The Labute approximate surface area is 132 Å². The van der Waals surface area contributed by atoms with Crippen LogP contribution in [-0.2, 0) is 6.54 Å². The summed E-state index contributed by atoms with van der Waals surface area (Å²) in [6.07, 6.45) is 16.9. The summed E-state index contributed by atoms with van der Waals surface area (Å²) in [5, 5.41) is 0. The van der Waals surface area contributed by atoms with Crippen molar-refractivity contribution in [1.29, 1.82) is 0 Å². The molecule has 1 rings (SSSR count). The number of aryl methyl sites for hydroxylation is 1. The Morgan fingerprint density at radius 1 is 0.714 bits per heavy atom. The van der Waals surface area contributed by atoms with Crippen LogP contribution in [0.15, 0.2) is 30.6 Å². The molecule has 1 nitrogen and oxygen atoms in total. The van der Waals surface area contributed by atoms with E-state index in [1.807, 2.05) is 0 Å². The minimum absolute atomic E-state index is 0.897. The lowest BCUT2D eigenvalue weighted by atomic mass is 9.82. The molecule has 0 spiro atoms. The molecule has 0 aliphatic rings. The highest BCUT2D eigenvalue weighted by Gasteiger charge is 2.19. The average molecular weight is 291 g/mol. The summed E-state index contributed by atoms with van der Waals surface area (Å²) in [6.45, 7) is 8.23. The third-order valence-electron chi connectivity index (χ3n) is 4.93. The number of unbranched alkanes of at least 4 members (excludes halogenated alkanes) is 4. The van der Waals surface area contributed by atoms with Crippen LogP contribution in [0.3, 0.4) is 0 Å². The molecule has 0 amide bonds. The summed E-state index contributed by atoms with van der Waals surface area (Å²) < 4.78 is 2.33. The maximum atomic E-state index is 2.38. The topological polar surface area (TPSA) is 3.88 Å². The van der Waals surface area contributed by atoms with Gasteiger partial charge in [-0.25, -0.2) is 4.57 Å². The first-order valence-electron chi connectivity index (χ1n) is 9.25. The maximum Gasteiger partial charge on any atom is 0.168 e. The first-order valence-corrected chi connectivity index (χ1v) is 9.25. The van der Waals surface area contributed by atoms with Crippen LogP contribution < -0.4 is 4.57 Å². The zero-order chi connectivity index (χ0) is 15.3. The number of hydrogen-bond acceptors (Lipinski definition) is 0. The zero-order valence-electron chi connectivity index (χ0n) is 14.6. The quantitative estimate of drug-likeness (QED) is 0.339. The van der Waals surface area contributed by atoms with Gasteiger partial charge < -0.3 is 0 Å². The molecule has 0 aromatic carbocycles. The molecule has 0 radical (unpaired) electrons. The van der Waals surface area contributed by atoms with Gasteiger partial charge in [0.15, 0.2) is 12.4 Å². The van der Waals surface area contributed by atoms with E-state index in [0.717, 1.165) is 11.8 Å². The Kier molecular flexibility index (Phi) is 10.2. The Hall–Kier alpha value is -0.850. The third-order valence-corrected chi connectivity index (χ3v) is 4.93. The van der Waals surface area contributed by atoms with Gasteiger partial charge >= 0.3 is 0 Å². The van der Waals surface area contributed by atoms with E-state index >= 15 is 0 Å². The minimum atomic E-state index is 0.897. The van der Waals surface area contributed by atoms with Gasteiger partial charge in [-0.1, -0.05) is 78.2 Å². The normalized spacial score (nSPS) is 14.0. The highest BCUT2D eigenvalue weighted by atomic mass is 14.9. The zero-order valence-corrected chi connectivity index (χ0v) is 14.6. The molecular formula is C20H36N+. The van der Waals surface area contributed by atoms with Gasteiger partial charge in [0.05, 0.1) is 0 Å². The van der Waals surface area contributed by atoms with Crippen LogP contribution in [0.25, 0.3) is 0 Å². The van der Waals surface area contributed by atoms with Crippen molar-refractivity contribution in [1.82, 2.24) is 0 Å². The highest BCUT2D eigenvalue weighted by molar-refractivity contribution is 4.83. The molecule has 0 fully saturated rings. The average Bonchev–Trinajstić information content (AvgIpc) is 2.54. The molecular weight excluding hydrogens is 254 g/mol. The molecule has 0 aliphatic carbocycles. The number of aromatic nitrogens is 1. The van der Waals surface area contributed by atoms with Crippen molar-refractivity contribution in [2.45, 2.75) is 85.1 Å². The lowest BCUT2D eigenvalue weighted by Crippen LogP contribution is -2.34. The van der Waals surface area contributed by atoms with Crippen molar-refractivity contribution in [3.63, 3.8) is 0 Å². The summed E-state index contributed by atoms with van der Waals surface area (Å²) >= 11 is 0. The Morgan fingerprint density at radius 3 is 1.95 bits per heavy atom. The predicted octanol–water partition coefficient (Wildman–Crippen LogP) is 5.78. The predicted molar refractivity (Wildman–Crippen MR) is 92.2 cm³/mol. The number of rotatable bonds is 12. The smallest absolute Gasteiger partial charge is 0.168 e. The largest absolute Gasteiger partial charge is 0.205 e. The minimum Gasteiger partial charge on any atom is -0.205 e. The molecule has 1 heterocycles. The van der Waals surface area contributed by atoms with Gasteiger partial charge in [0.25, 0.3) is 0 Å². The summed E-state index contributed by atoms with van der Waals surface area (Å²) in [5.41, 5.74) is 0. The van der Waals surface area contributed by atoms with E-state index < -0.39 is 0 Å². The van der Waals surface area contributed by atoms with Crippen LogP contribution in [0.1, 0.15) is 78.6 Å². The van der Waals surface area contributed by atoms with E-state index in [1.54, 1.807) is 0 Å². The number of nitrogens with zero attached hydrogens (tertiary/aromatic N) is 1. The molecule has 2 unspecified atom stereocenters. The van der Waals surface area contributed by atoms with Gasteiger partial charge in [-0.15, -0.1) is 0 Å². The second kappa shape index (κ2) is 11.8. The van der Waals surface area contributed by atoms with Gasteiger partial charge in [0.2, 0.25) is 0 Å². The molecule has 0 bridgehead atoms. The fourth-order valence-corrected chi connectivity index (χ4v) is 3.45. The summed E-state index contributed by atoms with van der Waals surface area (Å²) in [6, 6.07) is 6.36. The second-order valence-corrected chi connectivity index (χ2v) is 6.44. The SMILES string of the molecule is CCCCCCCC(CC)C(CC)CC[n+]1ccccc1. The van der Waals surface area contributed by atoms with Crippen LogP contribution in [0.2, 0.25) is 0 Å². The first-order chi connectivity index (χ1) is 10.3. The molecule has 1 aromatic rings. The van der Waals surface area contributed by atoms with Gasteiger partial charge in [-0.2, -0.15) is 0 Å². The summed E-state index contributed by atoms with van der Waals surface area (Å²) in [5.74, 6) is 1.83. The van der Waals surface area contributed by atoms with Crippen molar-refractivity contribution >= 4 is 0 Å². The lowest BCUT2D eigenvalue weighted by Gasteiger charge is -2.24. The van der Waals surface area contributed by atoms with Crippen LogP contribution >= 0.6 is 0 Å². The monoisotopic (exact) mass is 290 g/mol. The van der Waals surface area contributed by atoms with Crippen LogP contribution in [-0.4, -0.2) is 0 Å². The second-order valence-electron chi connectivity index (χ2n) is 6.44. The van der Waals surface area contributed by atoms with Gasteiger partial charge in [-0.05, 0) is 11.8 Å². The van der Waals surface area contributed by atoms with Crippen molar-refractivity contribution in [3.05, 3.63) is 30.6 Å². The molecule has 120 valence electrons. The van der Waals surface area contributed by atoms with Crippen LogP contribution in [0.5, 0.6) is 0 Å². The van der Waals surface area contributed by atoms with E-state index in [4.69, 9.17) is 0 Å². The molecule has 2 atom stereocenters. The van der Waals surface area contributed by atoms with E-state index in [9.17, 15) is 0 Å². The number of pyridine rings is 1. The Bertz CT molecular complexity index is 333. The van der Waals surface area contributed by atoms with Crippen molar-refractivity contribution in [2.24, 2.45) is 11.8 Å². The van der Waals surface area contributed by atoms with E-state index in [-0.39, 0.29) is 0 Å². The Balaban J connectivity index is 2.33. The van der Waals surface area contributed by atoms with Crippen molar-refractivity contribution in [3.8, 4) is 0 Å². The molecule has 0 saturated heterocycles. The van der Waals surface area contributed by atoms with E-state index in [0.29, 0.717) is 0 Å². The lowest BCUT2D eigenvalue weighted by molar-refractivity contribution is -0.698. The molecule has 0 saturated carbocycles.